The highest BCUT2D eigenvalue weighted by molar-refractivity contribution is 7.99. The van der Waals surface area contributed by atoms with Gasteiger partial charge >= 0.3 is 0 Å². The van der Waals surface area contributed by atoms with Crippen LogP contribution in [0.15, 0.2) is 23.1 Å². The van der Waals surface area contributed by atoms with Crippen LogP contribution < -0.4 is 5.32 Å². The molecule has 1 aliphatic rings. The fourth-order valence-corrected chi connectivity index (χ4v) is 3.03. The van der Waals surface area contributed by atoms with Gasteiger partial charge < -0.3 is 5.32 Å². The third-order valence-corrected chi connectivity index (χ3v) is 4.22. The van der Waals surface area contributed by atoms with E-state index in [4.69, 9.17) is 0 Å². The number of aryl methyl sites for hydroxylation is 1. The Balaban J connectivity index is 2.20. The molecule has 94 valence electrons. The second-order valence-corrected chi connectivity index (χ2v) is 5.47. The van der Waals surface area contributed by atoms with Crippen molar-refractivity contribution < 1.29 is 8.78 Å². The number of hydrogen-bond acceptors (Lipinski definition) is 2. The van der Waals surface area contributed by atoms with Crippen LogP contribution in [-0.4, -0.2) is 19.3 Å². The molecule has 0 spiro atoms. The molecular formula is C13H17F2NS. The standard InChI is InChI=1S/C13H17F2NS/c1-16-7-6-13(14,15)11-4-5-12-10(9-11)3-2-8-17-12/h4-5,9,16H,2-3,6-8H2,1H3. The summed E-state index contributed by atoms with van der Waals surface area (Å²) in [5.41, 5.74) is 1.25. The second kappa shape index (κ2) is 5.36. The van der Waals surface area contributed by atoms with Crippen LogP contribution in [0.5, 0.6) is 0 Å². The van der Waals surface area contributed by atoms with Crippen LogP contribution in [0, 0.1) is 0 Å². The summed E-state index contributed by atoms with van der Waals surface area (Å²) in [4.78, 5) is 1.17. The van der Waals surface area contributed by atoms with Gasteiger partial charge in [0.05, 0.1) is 0 Å². The van der Waals surface area contributed by atoms with Gasteiger partial charge in [0, 0.05) is 23.4 Å². The Hall–Kier alpha value is -0.610. The monoisotopic (exact) mass is 257 g/mol. The number of rotatable bonds is 4. The number of nitrogens with one attached hydrogen (secondary N) is 1. The van der Waals surface area contributed by atoms with Gasteiger partial charge in [-0.1, -0.05) is 6.07 Å². The van der Waals surface area contributed by atoms with Crippen LogP contribution in [0.4, 0.5) is 8.78 Å². The maximum absolute atomic E-state index is 13.9. The Morgan fingerprint density at radius 1 is 1.41 bits per heavy atom. The summed E-state index contributed by atoms with van der Waals surface area (Å²) in [5, 5.41) is 2.77. The van der Waals surface area contributed by atoms with E-state index in [1.807, 2.05) is 6.07 Å². The van der Waals surface area contributed by atoms with Gasteiger partial charge in [0.1, 0.15) is 0 Å². The summed E-state index contributed by atoms with van der Waals surface area (Å²) in [5.74, 6) is -1.62. The lowest BCUT2D eigenvalue weighted by molar-refractivity contribution is -0.0124. The average Bonchev–Trinajstić information content (AvgIpc) is 2.36. The van der Waals surface area contributed by atoms with E-state index in [0.717, 1.165) is 24.2 Å². The Bertz CT molecular complexity index is 393. The first-order valence-corrected chi connectivity index (χ1v) is 6.91. The molecule has 0 atom stereocenters. The van der Waals surface area contributed by atoms with Gasteiger partial charge in [-0.25, -0.2) is 8.78 Å². The number of benzene rings is 1. The van der Waals surface area contributed by atoms with E-state index in [2.05, 4.69) is 5.32 Å². The highest BCUT2D eigenvalue weighted by atomic mass is 32.2. The molecular weight excluding hydrogens is 240 g/mol. The summed E-state index contributed by atoms with van der Waals surface area (Å²) in [6.07, 6.45) is 1.87. The van der Waals surface area contributed by atoms with E-state index in [0.29, 0.717) is 6.54 Å². The minimum Gasteiger partial charge on any atom is -0.320 e. The maximum Gasteiger partial charge on any atom is 0.274 e. The zero-order chi connectivity index (χ0) is 12.3. The third kappa shape index (κ3) is 2.99. The summed E-state index contributed by atoms with van der Waals surface area (Å²) < 4.78 is 27.7. The molecule has 4 heteroatoms. The number of alkyl halides is 2. The van der Waals surface area contributed by atoms with Crippen LogP contribution in [0.1, 0.15) is 24.0 Å². The SMILES string of the molecule is CNCCC(F)(F)c1ccc2c(c1)CCCS2. The molecule has 1 heterocycles. The molecule has 0 radical (unpaired) electrons. The lowest BCUT2D eigenvalue weighted by atomic mass is 10.0. The normalized spacial score (nSPS) is 15.7. The van der Waals surface area contributed by atoms with Gasteiger partial charge in [0.15, 0.2) is 0 Å². The molecule has 0 aromatic heterocycles. The van der Waals surface area contributed by atoms with Crippen LogP contribution in [0.3, 0.4) is 0 Å². The zero-order valence-corrected chi connectivity index (χ0v) is 10.7. The van der Waals surface area contributed by atoms with Gasteiger partial charge in [0.25, 0.3) is 5.92 Å². The van der Waals surface area contributed by atoms with E-state index in [1.54, 1.807) is 30.9 Å². The minimum atomic E-state index is -2.72. The smallest absolute Gasteiger partial charge is 0.274 e. The van der Waals surface area contributed by atoms with Crippen molar-refractivity contribution in [2.24, 2.45) is 0 Å². The molecule has 1 aliphatic heterocycles. The lowest BCUT2D eigenvalue weighted by Crippen LogP contribution is -2.21. The van der Waals surface area contributed by atoms with Gasteiger partial charge in [-0.3, -0.25) is 0 Å². The molecule has 0 saturated heterocycles. The Kier molecular flexibility index (Phi) is 4.05. The molecule has 17 heavy (non-hydrogen) atoms. The quantitative estimate of drug-likeness (QED) is 0.887. The van der Waals surface area contributed by atoms with Gasteiger partial charge in [-0.15, -0.1) is 11.8 Å². The fraction of sp³-hybridized carbons (Fsp3) is 0.538. The van der Waals surface area contributed by atoms with Crippen LogP contribution in [0.2, 0.25) is 0 Å². The predicted octanol–water partition coefficient (Wildman–Crippen LogP) is 3.43. The first-order chi connectivity index (χ1) is 8.13. The number of halogens is 2. The average molecular weight is 257 g/mol. The Labute approximate surface area is 105 Å². The lowest BCUT2D eigenvalue weighted by Gasteiger charge is -2.21. The number of hydrogen-bond donors (Lipinski definition) is 1. The van der Waals surface area contributed by atoms with Gasteiger partial charge in [-0.2, -0.15) is 0 Å². The van der Waals surface area contributed by atoms with Crippen molar-refractivity contribution in [2.45, 2.75) is 30.1 Å². The highest BCUT2D eigenvalue weighted by Gasteiger charge is 2.31. The van der Waals surface area contributed by atoms with Crippen LogP contribution in [-0.2, 0) is 12.3 Å². The molecule has 0 amide bonds. The number of thioether (sulfide) groups is 1. The Morgan fingerprint density at radius 3 is 3.00 bits per heavy atom. The first kappa shape index (κ1) is 12.8. The molecule has 0 saturated carbocycles. The van der Waals surface area contributed by atoms with Crippen LogP contribution >= 0.6 is 11.8 Å². The van der Waals surface area contributed by atoms with E-state index in [-0.39, 0.29) is 12.0 Å². The predicted molar refractivity (Wildman–Crippen MR) is 67.9 cm³/mol. The van der Waals surface area contributed by atoms with Crippen molar-refractivity contribution in [3.05, 3.63) is 29.3 Å². The molecule has 0 fully saturated rings. The summed E-state index contributed by atoms with van der Waals surface area (Å²) in [6.45, 7) is 0.332. The molecule has 1 aromatic carbocycles. The molecule has 0 aliphatic carbocycles. The summed E-state index contributed by atoms with van der Waals surface area (Å²) in [7, 11) is 1.69. The molecule has 0 bridgehead atoms. The molecule has 1 N–H and O–H groups in total. The summed E-state index contributed by atoms with van der Waals surface area (Å²) in [6, 6.07) is 5.12. The maximum atomic E-state index is 13.9. The van der Waals surface area contributed by atoms with Crippen molar-refractivity contribution in [3.63, 3.8) is 0 Å². The topological polar surface area (TPSA) is 12.0 Å². The van der Waals surface area contributed by atoms with Crippen molar-refractivity contribution in [1.82, 2.24) is 5.32 Å². The second-order valence-electron chi connectivity index (χ2n) is 4.33. The largest absolute Gasteiger partial charge is 0.320 e. The van der Waals surface area contributed by atoms with E-state index in [9.17, 15) is 8.78 Å². The van der Waals surface area contributed by atoms with Crippen molar-refractivity contribution >= 4 is 11.8 Å². The third-order valence-electron chi connectivity index (χ3n) is 3.02. The molecule has 1 aromatic rings. The van der Waals surface area contributed by atoms with Crippen LogP contribution in [0.25, 0.3) is 0 Å². The van der Waals surface area contributed by atoms with Gasteiger partial charge in [-0.05, 0) is 43.3 Å². The number of fused-ring (bicyclic) bond motifs is 1. The zero-order valence-electron chi connectivity index (χ0n) is 9.93. The molecule has 0 unspecified atom stereocenters. The van der Waals surface area contributed by atoms with Gasteiger partial charge in [0.2, 0.25) is 0 Å². The van der Waals surface area contributed by atoms with E-state index < -0.39 is 5.92 Å². The fourth-order valence-electron chi connectivity index (χ4n) is 2.01. The van der Waals surface area contributed by atoms with Crippen molar-refractivity contribution in [2.75, 3.05) is 19.3 Å². The first-order valence-electron chi connectivity index (χ1n) is 5.92. The Morgan fingerprint density at radius 2 is 2.24 bits per heavy atom. The van der Waals surface area contributed by atoms with Crippen molar-refractivity contribution in [1.29, 1.82) is 0 Å². The van der Waals surface area contributed by atoms with E-state index in [1.165, 1.54) is 4.90 Å². The molecule has 1 nitrogen and oxygen atoms in total. The molecule has 2 rings (SSSR count). The summed E-state index contributed by atoms with van der Waals surface area (Å²) >= 11 is 1.77. The van der Waals surface area contributed by atoms with E-state index >= 15 is 0 Å². The minimum absolute atomic E-state index is 0.143. The highest BCUT2D eigenvalue weighted by Crippen LogP contribution is 2.36. The van der Waals surface area contributed by atoms with Crippen molar-refractivity contribution in [3.8, 4) is 0 Å².